The summed E-state index contributed by atoms with van der Waals surface area (Å²) in [6, 6.07) is 8.13. The van der Waals surface area contributed by atoms with Crippen molar-refractivity contribution in [3.8, 4) is 0 Å². The maximum Gasteiger partial charge on any atom is 0.214 e. The van der Waals surface area contributed by atoms with E-state index in [1.54, 1.807) is 0 Å². The molecular weight excluding hydrogens is 224 g/mol. The average Bonchev–Trinajstić information content (AvgIpc) is 2.90. The molecule has 2 N–H and O–H groups in total. The Bertz CT molecular complexity index is 498. The second-order valence-electron chi connectivity index (χ2n) is 4.29. The monoisotopic (exact) mass is 242 g/mol. The molecule has 1 heterocycles. The fourth-order valence-electron chi connectivity index (χ4n) is 1.88. The standard InChI is InChI=1S/C15H18N2O/c1-3-4-13(15-17-9-10-18-15)14(16)12-7-5-11(2)6-8-12/h3,5-8H,1,4,9-10,16H2,2H3/b14-13+. The molecule has 0 aliphatic carbocycles. The second kappa shape index (κ2) is 5.54. The first-order valence-corrected chi connectivity index (χ1v) is 6.06. The van der Waals surface area contributed by atoms with Crippen LogP contribution in [0.5, 0.6) is 0 Å². The maximum absolute atomic E-state index is 6.23. The van der Waals surface area contributed by atoms with E-state index in [9.17, 15) is 0 Å². The third kappa shape index (κ3) is 2.62. The summed E-state index contributed by atoms with van der Waals surface area (Å²) in [5, 5.41) is 0. The summed E-state index contributed by atoms with van der Waals surface area (Å²) in [4.78, 5) is 4.33. The topological polar surface area (TPSA) is 47.6 Å². The molecule has 0 aromatic heterocycles. The van der Waals surface area contributed by atoms with E-state index in [4.69, 9.17) is 10.5 Å². The maximum atomic E-state index is 6.23. The highest BCUT2D eigenvalue weighted by Crippen LogP contribution is 2.20. The van der Waals surface area contributed by atoms with Crippen molar-refractivity contribution in [2.45, 2.75) is 13.3 Å². The molecule has 0 atom stereocenters. The first-order chi connectivity index (χ1) is 8.72. The highest BCUT2D eigenvalue weighted by molar-refractivity contribution is 6.01. The van der Waals surface area contributed by atoms with E-state index >= 15 is 0 Å². The number of hydrogen-bond acceptors (Lipinski definition) is 3. The van der Waals surface area contributed by atoms with Crippen LogP contribution in [0.1, 0.15) is 17.5 Å². The fourth-order valence-corrected chi connectivity index (χ4v) is 1.88. The predicted molar refractivity (Wildman–Crippen MR) is 75.4 cm³/mol. The zero-order valence-corrected chi connectivity index (χ0v) is 10.6. The Morgan fingerprint density at radius 2 is 2.17 bits per heavy atom. The lowest BCUT2D eigenvalue weighted by molar-refractivity contribution is 0.347. The lowest BCUT2D eigenvalue weighted by Crippen LogP contribution is -2.10. The molecule has 94 valence electrons. The molecule has 3 heteroatoms. The number of aryl methyl sites for hydroxylation is 1. The highest BCUT2D eigenvalue weighted by Gasteiger charge is 2.16. The molecule has 0 saturated carbocycles. The van der Waals surface area contributed by atoms with Gasteiger partial charge in [-0.25, -0.2) is 4.99 Å². The van der Waals surface area contributed by atoms with Crippen molar-refractivity contribution < 1.29 is 4.74 Å². The Balaban J connectivity index is 2.39. The number of nitrogens with zero attached hydrogens (tertiary/aromatic N) is 1. The molecule has 0 bridgehead atoms. The molecule has 1 aliphatic heterocycles. The van der Waals surface area contributed by atoms with E-state index in [1.807, 2.05) is 30.3 Å². The minimum absolute atomic E-state index is 0.636. The normalized spacial score (nSPS) is 15.7. The number of nitrogens with two attached hydrogens (primary N) is 1. The average molecular weight is 242 g/mol. The van der Waals surface area contributed by atoms with Crippen LogP contribution in [0.3, 0.4) is 0 Å². The van der Waals surface area contributed by atoms with Crippen molar-refractivity contribution in [2.24, 2.45) is 10.7 Å². The molecular formula is C15H18N2O. The van der Waals surface area contributed by atoms with Crippen LogP contribution in [-0.2, 0) is 4.74 Å². The zero-order chi connectivity index (χ0) is 13.0. The van der Waals surface area contributed by atoms with Crippen LogP contribution >= 0.6 is 0 Å². The molecule has 0 unspecified atom stereocenters. The van der Waals surface area contributed by atoms with Gasteiger partial charge in [-0.1, -0.05) is 35.9 Å². The van der Waals surface area contributed by atoms with E-state index < -0.39 is 0 Å². The minimum atomic E-state index is 0.636. The van der Waals surface area contributed by atoms with Crippen LogP contribution in [0.15, 0.2) is 47.5 Å². The number of benzene rings is 1. The van der Waals surface area contributed by atoms with Crippen LogP contribution in [-0.4, -0.2) is 19.0 Å². The molecule has 0 saturated heterocycles. The Labute approximate surface area is 108 Å². The van der Waals surface area contributed by atoms with Crippen LogP contribution in [0.2, 0.25) is 0 Å². The molecule has 2 rings (SSSR count). The minimum Gasteiger partial charge on any atom is -0.476 e. The van der Waals surface area contributed by atoms with Gasteiger partial charge in [0.25, 0.3) is 0 Å². The van der Waals surface area contributed by atoms with Gasteiger partial charge in [0.2, 0.25) is 5.90 Å². The smallest absolute Gasteiger partial charge is 0.214 e. The first-order valence-electron chi connectivity index (χ1n) is 6.06. The largest absolute Gasteiger partial charge is 0.476 e. The van der Waals surface area contributed by atoms with Gasteiger partial charge in [-0.15, -0.1) is 6.58 Å². The van der Waals surface area contributed by atoms with Crippen LogP contribution < -0.4 is 5.73 Å². The van der Waals surface area contributed by atoms with Gasteiger partial charge in [0.05, 0.1) is 6.54 Å². The van der Waals surface area contributed by atoms with E-state index in [-0.39, 0.29) is 0 Å². The zero-order valence-electron chi connectivity index (χ0n) is 10.6. The molecule has 3 nitrogen and oxygen atoms in total. The summed E-state index contributed by atoms with van der Waals surface area (Å²) in [5.74, 6) is 0.660. The molecule has 0 spiro atoms. The Morgan fingerprint density at radius 1 is 1.44 bits per heavy atom. The summed E-state index contributed by atoms with van der Waals surface area (Å²) < 4.78 is 5.50. The van der Waals surface area contributed by atoms with Crippen LogP contribution in [0.4, 0.5) is 0 Å². The summed E-state index contributed by atoms with van der Waals surface area (Å²) >= 11 is 0. The molecule has 0 fully saturated rings. The Hall–Kier alpha value is -2.03. The van der Waals surface area contributed by atoms with Crippen molar-refractivity contribution >= 4 is 11.6 Å². The van der Waals surface area contributed by atoms with Gasteiger partial charge in [-0.05, 0) is 18.9 Å². The predicted octanol–water partition coefficient (Wildman–Crippen LogP) is 2.67. The molecule has 0 amide bonds. The Kier molecular flexibility index (Phi) is 3.82. The second-order valence-corrected chi connectivity index (χ2v) is 4.29. The van der Waals surface area contributed by atoms with E-state index in [2.05, 4.69) is 18.5 Å². The number of allylic oxidation sites excluding steroid dienone is 1. The Morgan fingerprint density at radius 3 is 2.72 bits per heavy atom. The quantitative estimate of drug-likeness (QED) is 0.825. The third-order valence-corrected chi connectivity index (χ3v) is 2.88. The number of rotatable bonds is 4. The van der Waals surface area contributed by atoms with Crippen molar-refractivity contribution in [1.29, 1.82) is 0 Å². The van der Waals surface area contributed by atoms with Gasteiger partial charge < -0.3 is 10.5 Å². The SMILES string of the molecule is C=CC/C(C1=NCCO1)=C(\N)c1ccc(C)cc1. The molecule has 1 aliphatic rings. The van der Waals surface area contributed by atoms with Crippen LogP contribution in [0, 0.1) is 6.92 Å². The number of hydrogen-bond donors (Lipinski definition) is 1. The number of aliphatic imine (C=N–C) groups is 1. The summed E-state index contributed by atoms with van der Waals surface area (Å²) in [5.41, 5.74) is 10.1. The van der Waals surface area contributed by atoms with Gasteiger partial charge >= 0.3 is 0 Å². The van der Waals surface area contributed by atoms with E-state index in [0.717, 1.165) is 16.8 Å². The molecule has 1 aromatic rings. The van der Waals surface area contributed by atoms with Gasteiger partial charge in [0, 0.05) is 11.3 Å². The van der Waals surface area contributed by atoms with E-state index in [1.165, 1.54) is 5.56 Å². The lowest BCUT2D eigenvalue weighted by Gasteiger charge is -2.11. The summed E-state index contributed by atoms with van der Waals surface area (Å²) in [7, 11) is 0. The van der Waals surface area contributed by atoms with Crippen molar-refractivity contribution in [3.05, 3.63) is 53.6 Å². The number of ether oxygens (including phenoxy) is 1. The van der Waals surface area contributed by atoms with E-state index in [0.29, 0.717) is 25.5 Å². The van der Waals surface area contributed by atoms with Crippen LogP contribution in [0.25, 0.3) is 5.70 Å². The summed E-state index contributed by atoms with van der Waals surface area (Å²) in [6.45, 7) is 7.16. The van der Waals surface area contributed by atoms with Gasteiger partial charge in [0.15, 0.2) is 0 Å². The first kappa shape index (κ1) is 12.4. The van der Waals surface area contributed by atoms with Crippen molar-refractivity contribution in [3.63, 3.8) is 0 Å². The molecule has 1 aromatic carbocycles. The van der Waals surface area contributed by atoms with Crippen molar-refractivity contribution in [2.75, 3.05) is 13.2 Å². The lowest BCUT2D eigenvalue weighted by atomic mass is 10.0. The summed E-state index contributed by atoms with van der Waals surface area (Å²) in [6.07, 6.45) is 2.49. The third-order valence-electron chi connectivity index (χ3n) is 2.88. The molecule has 0 radical (unpaired) electrons. The van der Waals surface area contributed by atoms with Gasteiger partial charge in [-0.2, -0.15) is 0 Å². The molecule has 18 heavy (non-hydrogen) atoms. The van der Waals surface area contributed by atoms with Crippen molar-refractivity contribution in [1.82, 2.24) is 0 Å². The van der Waals surface area contributed by atoms with Gasteiger partial charge in [-0.3, -0.25) is 0 Å². The fraction of sp³-hybridized carbons (Fsp3) is 0.267. The van der Waals surface area contributed by atoms with Gasteiger partial charge in [0.1, 0.15) is 6.61 Å². The highest BCUT2D eigenvalue weighted by atomic mass is 16.5.